The fraction of sp³-hybridized carbons (Fsp3) is 0.647. The van der Waals surface area contributed by atoms with Crippen LogP contribution in [0.25, 0.3) is 0 Å². The Morgan fingerprint density at radius 3 is 2.45 bits per heavy atom. The summed E-state index contributed by atoms with van der Waals surface area (Å²) in [6, 6.07) is 8.33. The summed E-state index contributed by atoms with van der Waals surface area (Å²) in [4.78, 5) is 0. The van der Waals surface area contributed by atoms with Gasteiger partial charge in [0.15, 0.2) is 11.5 Å². The molecule has 1 saturated carbocycles. The first-order chi connectivity index (χ1) is 9.65. The molecule has 1 aromatic carbocycles. The fourth-order valence-corrected chi connectivity index (χ4v) is 3.11. The Morgan fingerprint density at radius 1 is 1.15 bits per heavy atom. The van der Waals surface area contributed by atoms with Crippen molar-refractivity contribution < 1.29 is 9.47 Å². The minimum atomic E-state index is 0.220. The average molecular weight is 277 g/mol. The quantitative estimate of drug-likeness (QED) is 0.893. The van der Waals surface area contributed by atoms with Crippen LogP contribution in [0.3, 0.4) is 0 Å². The van der Waals surface area contributed by atoms with Crippen molar-refractivity contribution in [3.63, 3.8) is 0 Å². The third-order valence-electron chi connectivity index (χ3n) is 4.49. The lowest BCUT2D eigenvalue weighted by atomic mass is 9.78. The molecule has 1 N–H and O–H groups in total. The van der Waals surface area contributed by atoms with Gasteiger partial charge in [0.2, 0.25) is 0 Å². The van der Waals surface area contributed by atoms with Crippen LogP contribution in [0.2, 0.25) is 0 Å². The molecule has 1 aliphatic carbocycles. The maximum Gasteiger partial charge on any atom is 0.161 e. The van der Waals surface area contributed by atoms with Gasteiger partial charge in [0.1, 0.15) is 6.10 Å². The molecular weight excluding hydrogens is 250 g/mol. The number of benzene rings is 1. The highest BCUT2D eigenvalue weighted by atomic mass is 16.5. The van der Waals surface area contributed by atoms with Crippen molar-refractivity contribution in [2.45, 2.75) is 45.3 Å². The van der Waals surface area contributed by atoms with Crippen molar-refractivity contribution >= 4 is 0 Å². The number of nitrogens with one attached hydrogen (secondary N) is 1. The van der Waals surface area contributed by atoms with E-state index >= 15 is 0 Å². The van der Waals surface area contributed by atoms with Gasteiger partial charge in [0.25, 0.3) is 0 Å². The number of rotatable bonds is 5. The Balaban J connectivity index is 2.11. The summed E-state index contributed by atoms with van der Waals surface area (Å²) in [6.07, 6.45) is 3.80. The number of hydrogen-bond donors (Lipinski definition) is 1. The summed E-state index contributed by atoms with van der Waals surface area (Å²) in [5.74, 6) is 3.13. The van der Waals surface area contributed by atoms with Crippen LogP contribution in [0.5, 0.6) is 11.5 Å². The summed E-state index contributed by atoms with van der Waals surface area (Å²) in [5, 5.41) is 3.41. The van der Waals surface area contributed by atoms with Crippen LogP contribution in [0.1, 0.15) is 33.1 Å². The van der Waals surface area contributed by atoms with E-state index in [1.807, 2.05) is 31.3 Å². The smallest absolute Gasteiger partial charge is 0.161 e. The minimum Gasteiger partial charge on any atom is -0.493 e. The van der Waals surface area contributed by atoms with Crippen LogP contribution in [0.4, 0.5) is 0 Å². The van der Waals surface area contributed by atoms with Crippen LogP contribution in [0, 0.1) is 11.8 Å². The second-order valence-electron chi connectivity index (χ2n) is 6.02. The van der Waals surface area contributed by atoms with Gasteiger partial charge < -0.3 is 14.8 Å². The molecule has 0 aromatic heterocycles. The largest absolute Gasteiger partial charge is 0.493 e. The Kier molecular flexibility index (Phi) is 5.30. The standard InChI is InChI=1S/C17H27NO2/c1-12(2)13-9-10-14(18-3)17(11-13)20-16-8-6-5-7-15(16)19-4/h5-8,12-14,17-18H,9-11H2,1-4H3. The zero-order valence-corrected chi connectivity index (χ0v) is 13.1. The first kappa shape index (κ1) is 15.2. The summed E-state index contributed by atoms with van der Waals surface area (Å²) in [6.45, 7) is 4.62. The van der Waals surface area contributed by atoms with Crippen LogP contribution >= 0.6 is 0 Å². The van der Waals surface area contributed by atoms with Crippen molar-refractivity contribution in [1.29, 1.82) is 0 Å². The molecule has 0 aliphatic heterocycles. The van der Waals surface area contributed by atoms with E-state index in [9.17, 15) is 0 Å². The van der Waals surface area contributed by atoms with Gasteiger partial charge in [-0.05, 0) is 50.3 Å². The van der Waals surface area contributed by atoms with Gasteiger partial charge in [-0.1, -0.05) is 26.0 Å². The third-order valence-corrected chi connectivity index (χ3v) is 4.49. The van der Waals surface area contributed by atoms with Crippen molar-refractivity contribution in [2.75, 3.05) is 14.2 Å². The predicted molar refractivity (Wildman–Crippen MR) is 82.4 cm³/mol. The van der Waals surface area contributed by atoms with Gasteiger partial charge >= 0.3 is 0 Å². The number of likely N-dealkylation sites (N-methyl/N-ethyl adjacent to an activating group) is 1. The zero-order chi connectivity index (χ0) is 14.5. The number of ether oxygens (including phenoxy) is 2. The number of methoxy groups -OCH3 is 1. The highest BCUT2D eigenvalue weighted by molar-refractivity contribution is 5.39. The molecule has 112 valence electrons. The van der Waals surface area contributed by atoms with E-state index in [-0.39, 0.29) is 6.10 Å². The first-order valence-electron chi connectivity index (χ1n) is 7.62. The number of para-hydroxylation sites is 2. The molecule has 0 amide bonds. The van der Waals surface area contributed by atoms with Gasteiger partial charge in [-0.2, -0.15) is 0 Å². The molecule has 0 spiro atoms. The molecule has 1 aliphatic rings. The fourth-order valence-electron chi connectivity index (χ4n) is 3.11. The van der Waals surface area contributed by atoms with E-state index in [0.717, 1.165) is 29.8 Å². The molecule has 1 fully saturated rings. The molecular formula is C17H27NO2. The van der Waals surface area contributed by atoms with Crippen molar-refractivity contribution in [3.05, 3.63) is 24.3 Å². The lowest BCUT2D eigenvalue weighted by Crippen LogP contribution is -2.46. The van der Waals surface area contributed by atoms with Crippen LogP contribution in [-0.2, 0) is 0 Å². The maximum absolute atomic E-state index is 6.27. The molecule has 0 saturated heterocycles. The highest BCUT2D eigenvalue weighted by Crippen LogP contribution is 2.35. The summed E-state index contributed by atoms with van der Waals surface area (Å²) in [7, 11) is 3.72. The molecule has 3 atom stereocenters. The number of hydrogen-bond acceptors (Lipinski definition) is 3. The van der Waals surface area contributed by atoms with Gasteiger partial charge in [0.05, 0.1) is 7.11 Å². The first-order valence-corrected chi connectivity index (χ1v) is 7.62. The second-order valence-corrected chi connectivity index (χ2v) is 6.02. The Bertz CT molecular complexity index is 419. The third kappa shape index (κ3) is 3.45. The van der Waals surface area contributed by atoms with E-state index in [0.29, 0.717) is 6.04 Å². The molecule has 0 heterocycles. The van der Waals surface area contributed by atoms with Crippen LogP contribution in [0.15, 0.2) is 24.3 Å². The zero-order valence-electron chi connectivity index (χ0n) is 13.1. The molecule has 0 radical (unpaired) electrons. The summed E-state index contributed by atoms with van der Waals surface area (Å²) in [5.41, 5.74) is 0. The average Bonchev–Trinajstić information content (AvgIpc) is 2.47. The molecule has 0 bridgehead atoms. The van der Waals surface area contributed by atoms with E-state index in [2.05, 4.69) is 19.2 Å². The van der Waals surface area contributed by atoms with Crippen molar-refractivity contribution in [1.82, 2.24) is 5.32 Å². The maximum atomic E-state index is 6.27. The Labute approximate surface area is 122 Å². The summed E-state index contributed by atoms with van der Waals surface area (Å²) < 4.78 is 11.7. The molecule has 20 heavy (non-hydrogen) atoms. The minimum absolute atomic E-state index is 0.220. The summed E-state index contributed by atoms with van der Waals surface area (Å²) >= 11 is 0. The van der Waals surface area contributed by atoms with Gasteiger partial charge in [-0.15, -0.1) is 0 Å². The molecule has 3 unspecified atom stereocenters. The van der Waals surface area contributed by atoms with Gasteiger partial charge in [0, 0.05) is 6.04 Å². The van der Waals surface area contributed by atoms with Crippen LogP contribution in [-0.4, -0.2) is 26.3 Å². The molecule has 1 aromatic rings. The van der Waals surface area contributed by atoms with Crippen molar-refractivity contribution in [3.8, 4) is 11.5 Å². The molecule has 3 nitrogen and oxygen atoms in total. The molecule has 2 rings (SSSR count). The van der Waals surface area contributed by atoms with Gasteiger partial charge in [-0.25, -0.2) is 0 Å². The Morgan fingerprint density at radius 2 is 1.85 bits per heavy atom. The topological polar surface area (TPSA) is 30.5 Å². The molecule has 3 heteroatoms. The highest BCUT2D eigenvalue weighted by Gasteiger charge is 2.32. The van der Waals surface area contributed by atoms with Crippen LogP contribution < -0.4 is 14.8 Å². The SMILES string of the molecule is CNC1CCC(C(C)C)CC1Oc1ccccc1OC. The van der Waals surface area contributed by atoms with E-state index in [1.165, 1.54) is 12.8 Å². The van der Waals surface area contributed by atoms with E-state index in [1.54, 1.807) is 7.11 Å². The second kappa shape index (κ2) is 6.98. The van der Waals surface area contributed by atoms with E-state index < -0.39 is 0 Å². The normalized spacial score (nSPS) is 26.6. The predicted octanol–water partition coefficient (Wildman–Crippen LogP) is 3.49. The van der Waals surface area contributed by atoms with E-state index in [4.69, 9.17) is 9.47 Å². The Hall–Kier alpha value is -1.22. The lowest BCUT2D eigenvalue weighted by Gasteiger charge is -2.37. The van der Waals surface area contributed by atoms with Gasteiger partial charge in [-0.3, -0.25) is 0 Å². The lowest BCUT2D eigenvalue weighted by molar-refractivity contribution is 0.0726. The van der Waals surface area contributed by atoms with Crippen molar-refractivity contribution in [2.24, 2.45) is 11.8 Å². The monoisotopic (exact) mass is 277 g/mol.